The van der Waals surface area contributed by atoms with Gasteiger partial charge in [-0.2, -0.15) is 0 Å². The van der Waals surface area contributed by atoms with E-state index in [1.54, 1.807) is 12.3 Å². The summed E-state index contributed by atoms with van der Waals surface area (Å²) in [6.07, 6.45) is 5.50. The van der Waals surface area contributed by atoms with Gasteiger partial charge in [-0.25, -0.2) is 22.2 Å². The fourth-order valence-electron chi connectivity index (χ4n) is 5.81. The third-order valence-electron chi connectivity index (χ3n) is 8.58. The molecule has 0 bridgehead atoms. The van der Waals surface area contributed by atoms with E-state index in [2.05, 4.69) is 50.5 Å². The van der Waals surface area contributed by atoms with E-state index in [-0.39, 0.29) is 34.7 Å². The number of carboxylic acid groups (broad SMARTS) is 1. The lowest BCUT2D eigenvalue weighted by Crippen LogP contribution is -2.26. The van der Waals surface area contributed by atoms with Gasteiger partial charge in [0.2, 0.25) is 0 Å². The molecule has 9 nitrogen and oxygen atoms in total. The molecule has 5 aromatic rings. The molecule has 5 rings (SSSR count). The normalized spacial score (nSPS) is 13.5. The Balaban J connectivity index is 1.51. The van der Waals surface area contributed by atoms with Crippen LogP contribution in [-0.4, -0.2) is 51.9 Å². The van der Waals surface area contributed by atoms with Gasteiger partial charge in [0.1, 0.15) is 23.1 Å². The topological polar surface area (TPSA) is 145 Å². The Hall–Kier alpha value is -3.82. The largest absolute Gasteiger partial charge is 0.480 e. The number of aliphatic hydroxyl groups excluding tert-OH is 1. The zero-order valence-electron chi connectivity index (χ0n) is 26.6. The number of aliphatic carboxylic acids is 1. The number of imidazole rings is 1. The number of carboxylic acids is 1. The highest BCUT2D eigenvalue weighted by Crippen LogP contribution is 2.40. The van der Waals surface area contributed by atoms with E-state index in [4.69, 9.17) is 9.84 Å². The molecule has 1 atom stereocenters. The number of hydrogen-bond acceptors (Lipinski definition) is 6. The van der Waals surface area contributed by atoms with Crippen molar-refractivity contribution < 1.29 is 36.9 Å². The fraction of sp³-hybridized carbons (Fsp3) is 0.314. The van der Waals surface area contributed by atoms with Crippen LogP contribution in [0.4, 0.5) is 8.78 Å². The van der Waals surface area contributed by atoms with Gasteiger partial charge in [-0.1, -0.05) is 32.4 Å². The van der Waals surface area contributed by atoms with Crippen molar-refractivity contribution in [3.8, 4) is 22.9 Å². The van der Waals surface area contributed by atoms with E-state index in [0.717, 1.165) is 46.2 Å². The van der Waals surface area contributed by atoms with Gasteiger partial charge in [0.05, 0.1) is 11.3 Å². The Kier molecular flexibility index (Phi) is 10.3. The van der Waals surface area contributed by atoms with Crippen LogP contribution >= 0.6 is 22.6 Å². The molecule has 0 saturated heterocycles. The van der Waals surface area contributed by atoms with E-state index < -0.39 is 50.1 Å². The Morgan fingerprint density at radius 2 is 1.81 bits per heavy atom. The van der Waals surface area contributed by atoms with Gasteiger partial charge in [0, 0.05) is 56.2 Å². The minimum Gasteiger partial charge on any atom is -0.480 e. The van der Waals surface area contributed by atoms with Crippen molar-refractivity contribution in [1.82, 2.24) is 15.0 Å². The highest BCUT2D eigenvalue weighted by Gasteiger charge is 2.32. The molecule has 0 spiro atoms. The summed E-state index contributed by atoms with van der Waals surface area (Å²) in [4.78, 5) is 21.8. The zero-order chi connectivity index (χ0) is 34.9. The molecule has 1 unspecified atom stereocenters. The van der Waals surface area contributed by atoms with Gasteiger partial charge >= 0.3 is 5.97 Å². The number of benzene rings is 3. The SMILES string of the molecule is CC(C)(CO)CCCC(C)(c1cccc(I)c1)c1cnc(-c2cc(Oc3c(F)cc4[nH]ccc4c3CS(=O)(=O)CC(=O)O)ccc2F)[nH]1. The fourth-order valence-corrected chi connectivity index (χ4v) is 7.56. The van der Waals surface area contributed by atoms with Gasteiger partial charge in [-0.05, 0) is 89.7 Å². The predicted octanol–water partition coefficient (Wildman–Crippen LogP) is 7.73. The number of hydrogen-bond donors (Lipinski definition) is 4. The van der Waals surface area contributed by atoms with E-state index >= 15 is 8.78 Å². The molecule has 254 valence electrons. The molecule has 3 aromatic carbocycles. The minimum absolute atomic E-state index is 0.0154. The van der Waals surface area contributed by atoms with Gasteiger partial charge in [-0.15, -0.1) is 0 Å². The van der Waals surface area contributed by atoms with Crippen molar-refractivity contribution in [1.29, 1.82) is 0 Å². The second kappa shape index (κ2) is 14.0. The quantitative estimate of drug-likeness (QED) is 0.0843. The molecule has 13 heteroatoms. The van der Waals surface area contributed by atoms with Gasteiger partial charge in [0.25, 0.3) is 0 Å². The first-order valence-corrected chi connectivity index (χ1v) is 18.1. The van der Waals surface area contributed by atoms with E-state index in [9.17, 15) is 18.3 Å². The molecular formula is C35H36F2IN3O6S. The summed E-state index contributed by atoms with van der Waals surface area (Å²) in [5.74, 6) is -5.14. The summed E-state index contributed by atoms with van der Waals surface area (Å²) >= 11 is 2.26. The first-order valence-electron chi connectivity index (χ1n) is 15.2. The minimum atomic E-state index is -4.19. The molecule has 0 fully saturated rings. The predicted molar refractivity (Wildman–Crippen MR) is 188 cm³/mol. The number of aromatic amines is 2. The Morgan fingerprint density at radius 3 is 2.52 bits per heavy atom. The summed E-state index contributed by atoms with van der Waals surface area (Å²) < 4.78 is 63.1. The Bertz CT molecular complexity index is 2080. The molecule has 4 N–H and O–H groups in total. The monoisotopic (exact) mass is 791 g/mol. The van der Waals surface area contributed by atoms with Crippen LogP contribution in [0.3, 0.4) is 0 Å². The number of carbonyl (C=O) groups is 1. The van der Waals surface area contributed by atoms with Crippen molar-refractivity contribution in [2.75, 3.05) is 12.4 Å². The first kappa shape index (κ1) is 35.5. The Morgan fingerprint density at radius 1 is 1.04 bits per heavy atom. The molecule has 0 aliphatic heterocycles. The zero-order valence-corrected chi connectivity index (χ0v) is 29.6. The standard InChI is InChI=1S/C35H36F2IN3O6S/c1-34(2,20-42)11-5-12-35(3,21-6-4-7-22(38)14-21)30-17-40-33(41-30)25-15-23(8-9-27(25)36)47-32-26(18-48(45,46)19-31(43)44)24-10-13-39-29(24)16-28(32)37/h4,6-10,13-17,39,42H,5,11-12,18-20H2,1-3H3,(H,40,41)(H,43,44). The Labute approximate surface area is 290 Å². The maximum atomic E-state index is 15.4. The number of ether oxygens (including phenoxy) is 1. The molecule has 0 aliphatic carbocycles. The van der Waals surface area contributed by atoms with E-state index in [1.165, 1.54) is 18.3 Å². The number of nitrogens with zero attached hydrogens (tertiary/aromatic N) is 1. The van der Waals surface area contributed by atoms with Crippen LogP contribution in [0.15, 0.2) is 67.0 Å². The summed E-state index contributed by atoms with van der Waals surface area (Å²) in [6, 6.07) is 14.6. The first-order chi connectivity index (χ1) is 22.6. The average molecular weight is 792 g/mol. The van der Waals surface area contributed by atoms with Crippen LogP contribution in [0.5, 0.6) is 11.5 Å². The van der Waals surface area contributed by atoms with Gasteiger partial charge in [-0.3, -0.25) is 4.79 Å². The number of H-pyrrole nitrogens is 2. The summed E-state index contributed by atoms with van der Waals surface area (Å²) in [5.41, 5.74) is 1.32. The lowest BCUT2D eigenvalue weighted by molar-refractivity contribution is -0.134. The summed E-state index contributed by atoms with van der Waals surface area (Å²) in [6.45, 7) is 6.20. The summed E-state index contributed by atoms with van der Waals surface area (Å²) in [5, 5.41) is 19.2. The number of halogens is 3. The van der Waals surface area contributed by atoms with Gasteiger partial charge < -0.3 is 24.9 Å². The highest BCUT2D eigenvalue weighted by molar-refractivity contribution is 14.1. The van der Waals surface area contributed by atoms with Crippen molar-refractivity contribution in [2.45, 2.75) is 51.2 Å². The molecule has 0 amide bonds. The molecular weight excluding hydrogens is 755 g/mol. The third kappa shape index (κ3) is 7.90. The van der Waals surface area contributed by atoms with Crippen molar-refractivity contribution in [3.63, 3.8) is 0 Å². The molecule has 2 aromatic heterocycles. The lowest BCUT2D eigenvalue weighted by Gasteiger charge is -2.31. The van der Waals surface area contributed by atoms with Crippen LogP contribution in [0, 0.1) is 20.6 Å². The molecule has 0 saturated carbocycles. The third-order valence-corrected chi connectivity index (χ3v) is 10.7. The summed E-state index contributed by atoms with van der Waals surface area (Å²) in [7, 11) is -4.19. The average Bonchev–Trinajstić information content (AvgIpc) is 3.69. The van der Waals surface area contributed by atoms with E-state index in [0.29, 0.717) is 10.9 Å². The van der Waals surface area contributed by atoms with E-state index in [1.807, 2.05) is 32.0 Å². The highest BCUT2D eigenvalue weighted by atomic mass is 127. The number of aromatic nitrogens is 3. The van der Waals surface area contributed by atoms with Crippen LogP contribution in [-0.2, 0) is 25.8 Å². The number of rotatable bonds is 14. The van der Waals surface area contributed by atoms with Crippen LogP contribution in [0.1, 0.15) is 56.9 Å². The maximum absolute atomic E-state index is 15.4. The number of sulfone groups is 1. The number of nitrogens with one attached hydrogen (secondary N) is 2. The molecule has 0 aliphatic rings. The smallest absolute Gasteiger partial charge is 0.318 e. The van der Waals surface area contributed by atoms with Crippen LogP contribution in [0.2, 0.25) is 0 Å². The number of aliphatic hydroxyl groups is 1. The molecule has 48 heavy (non-hydrogen) atoms. The van der Waals surface area contributed by atoms with Gasteiger partial charge in [0.15, 0.2) is 21.4 Å². The lowest BCUT2D eigenvalue weighted by atomic mass is 9.74. The second-order valence-corrected chi connectivity index (χ2v) is 16.2. The second-order valence-electron chi connectivity index (χ2n) is 12.9. The molecule has 0 radical (unpaired) electrons. The number of fused-ring (bicyclic) bond motifs is 1. The van der Waals surface area contributed by atoms with Crippen LogP contribution in [0.25, 0.3) is 22.3 Å². The van der Waals surface area contributed by atoms with Crippen molar-refractivity contribution >= 4 is 49.3 Å². The molecule has 2 heterocycles. The maximum Gasteiger partial charge on any atom is 0.318 e. The van der Waals surface area contributed by atoms with Crippen LogP contribution < -0.4 is 4.74 Å². The van der Waals surface area contributed by atoms with Crippen molar-refractivity contribution in [3.05, 3.63) is 99.0 Å². The van der Waals surface area contributed by atoms with Crippen molar-refractivity contribution in [2.24, 2.45) is 5.41 Å².